The van der Waals surface area contributed by atoms with Crippen LogP contribution < -0.4 is 15.4 Å². The lowest BCUT2D eigenvalue weighted by atomic mass is 9.88. The fraction of sp³-hybridized carbons (Fsp3) is 0.370. The first-order valence-corrected chi connectivity index (χ1v) is 13.1. The van der Waals surface area contributed by atoms with E-state index >= 15 is 0 Å². The SMILES string of the molecule is COc1cncc(-c2ccc(CN[C@H]3C[C@@H](O)C[C@@H](Nc4ncnc5sc(CC(F)(F)F)cc45)C3)cc2)c1.Cl. The second-order valence-electron chi connectivity index (χ2n) is 9.54. The summed E-state index contributed by atoms with van der Waals surface area (Å²) in [5.74, 6) is 1.20. The Bertz CT molecular complexity index is 1390. The number of aliphatic hydroxyl groups is 1. The molecule has 0 bridgehead atoms. The van der Waals surface area contributed by atoms with Gasteiger partial charge in [0.25, 0.3) is 0 Å². The predicted octanol–water partition coefficient (Wildman–Crippen LogP) is 5.77. The molecule has 7 nitrogen and oxygen atoms in total. The van der Waals surface area contributed by atoms with Crippen molar-refractivity contribution in [2.24, 2.45) is 0 Å². The van der Waals surface area contributed by atoms with Crippen molar-refractivity contribution in [1.29, 1.82) is 0 Å². The topological polar surface area (TPSA) is 92.2 Å². The van der Waals surface area contributed by atoms with Crippen molar-refractivity contribution in [2.75, 3.05) is 12.4 Å². The van der Waals surface area contributed by atoms with E-state index in [1.54, 1.807) is 19.5 Å². The van der Waals surface area contributed by atoms with Crippen molar-refractivity contribution in [3.05, 3.63) is 65.6 Å². The van der Waals surface area contributed by atoms with Crippen LogP contribution in [0.3, 0.4) is 0 Å². The molecule has 1 fully saturated rings. The van der Waals surface area contributed by atoms with Gasteiger partial charge in [-0.1, -0.05) is 24.3 Å². The van der Waals surface area contributed by atoms with Gasteiger partial charge in [-0.25, -0.2) is 9.97 Å². The molecule has 0 spiro atoms. The Morgan fingerprint density at radius 3 is 2.54 bits per heavy atom. The van der Waals surface area contributed by atoms with Gasteiger partial charge in [-0.3, -0.25) is 4.98 Å². The lowest BCUT2D eigenvalue weighted by Gasteiger charge is -2.34. The molecule has 0 unspecified atom stereocenters. The van der Waals surface area contributed by atoms with E-state index in [0.717, 1.165) is 34.4 Å². The fourth-order valence-electron chi connectivity index (χ4n) is 4.84. The number of halogens is 4. The number of nitrogens with one attached hydrogen (secondary N) is 2. The maximum atomic E-state index is 12.9. The smallest absolute Gasteiger partial charge is 0.393 e. The number of alkyl halides is 3. The standard InChI is InChI=1S/C27H28F3N5O2S.ClH/c1-37-22-6-18(13-31-14-22)17-4-2-16(3-5-17)12-32-19-7-20(9-21(36)8-19)35-25-24-10-23(11-27(28,29)30)38-26(24)34-15-33-25;/h2-6,10,13-15,19-21,32,36H,7-9,11-12H2,1H3,(H,33,34,35);1H/t19-,20+,21-;/m1./s1. The zero-order valence-electron chi connectivity index (χ0n) is 21.1. The molecule has 3 atom stereocenters. The number of anilines is 1. The van der Waals surface area contributed by atoms with Crippen molar-refractivity contribution in [1.82, 2.24) is 20.3 Å². The summed E-state index contributed by atoms with van der Waals surface area (Å²) in [4.78, 5) is 13.4. The molecular weight excluding hydrogens is 551 g/mol. The molecule has 1 aromatic carbocycles. The molecule has 3 aromatic heterocycles. The normalized spacial score (nSPS) is 19.5. The number of aromatic nitrogens is 3. The molecule has 0 amide bonds. The van der Waals surface area contributed by atoms with Crippen molar-refractivity contribution in [2.45, 2.75) is 56.6 Å². The first kappa shape index (κ1) is 29.0. The number of nitrogens with zero attached hydrogens (tertiary/aromatic N) is 3. The van der Waals surface area contributed by atoms with Gasteiger partial charge in [0.2, 0.25) is 0 Å². The minimum Gasteiger partial charge on any atom is -0.495 e. The lowest BCUT2D eigenvalue weighted by Crippen LogP contribution is -2.43. The zero-order valence-corrected chi connectivity index (χ0v) is 22.7. The number of pyridine rings is 1. The van der Waals surface area contributed by atoms with Crippen LogP contribution in [-0.2, 0) is 13.0 Å². The van der Waals surface area contributed by atoms with Crippen LogP contribution in [0.2, 0.25) is 0 Å². The monoisotopic (exact) mass is 579 g/mol. The van der Waals surface area contributed by atoms with Crippen LogP contribution in [0.1, 0.15) is 29.7 Å². The number of aliphatic hydroxyl groups excluding tert-OH is 1. The van der Waals surface area contributed by atoms with E-state index in [-0.39, 0.29) is 29.4 Å². The maximum absolute atomic E-state index is 12.9. The molecule has 5 rings (SSSR count). The number of hydrogen-bond donors (Lipinski definition) is 3. The molecule has 3 heterocycles. The summed E-state index contributed by atoms with van der Waals surface area (Å²) in [6.07, 6.45) is 0.967. The first-order chi connectivity index (χ1) is 18.3. The molecule has 1 aliphatic carbocycles. The number of ether oxygens (including phenoxy) is 1. The predicted molar refractivity (Wildman–Crippen MR) is 149 cm³/mol. The summed E-state index contributed by atoms with van der Waals surface area (Å²) in [6.45, 7) is 0.643. The molecule has 0 saturated heterocycles. The lowest BCUT2D eigenvalue weighted by molar-refractivity contribution is -0.126. The quantitative estimate of drug-likeness (QED) is 0.244. The average Bonchev–Trinajstić information content (AvgIpc) is 3.29. The Labute approximate surface area is 234 Å². The molecule has 0 radical (unpaired) electrons. The summed E-state index contributed by atoms with van der Waals surface area (Å²) in [7, 11) is 1.61. The van der Waals surface area contributed by atoms with Gasteiger partial charge in [0.15, 0.2) is 0 Å². The number of fused-ring (bicyclic) bond motifs is 1. The number of thiophene rings is 1. The summed E-state index contributed by atoms with van der Waals surface area (Å²) in [5.41, 5.74) is 3.13. The highest BCUT2D eigenvalue weighted by molar-refractivity contribution is 7.18. The number of methoxy groups -OCH3 is 1. The largest absolute Gasteiger partial charge is 0.495 e. The average molecular weight is 580 g/mol. The van der Waals surface area contributed by atoms with Crippen LogP contribution in [0.5, 0.6) is 5.75 Å². The minimum atomic E-state index is -4.28. The number of rotatable bonds is 8. The van der Waals surface area contributed by atoms with E-state index in [1.165, 1.54) is 12.4 Å². The van der Waals surface area contributed by atoms with Crippen LogP contribution in [0.15, 0.2) is 55.1 Å². The van der Waals surface area contributed by atoms with Gasteiger partial charge in [0.1, 0.15) is 22.7 Å². The van der Waals surface area contributed by atoms with E-state index < -0.39 is 18.7 Å². The van der Waals surface area contributed by atoms with E-state index in [2.05, 4.69) is 37.7 Å². The molecule has 12 heteroatoms. The Morgan fingerprint density at radius 2 is 1.79 bits per heavy atom. The highest BCUT2D eigenvalue weighted by Crippen LogP contribution is 2.33. The summed E-state index contributed by atoms with van der Waals surface area (Å²) < 4.78 is 43.8. The molecular formula is C27H29ClF3N5O2S. The van der Waals surface area contributed by atoms with E-state index in [0.29, 0.717) is 41.2 Å². The summed E-state index contributed by atoms with van der Waals surface area (Å²) >= 11 is 1.03. The van der Waals surface area contributed by atoms with Gasteiger partial charge in [-0.05, 0) is 42.5 Å². The second-order valence-corrected chi connectivity index (χ2v) is 10.7. The second kappa shape index (κ2) is 12.5. The molecule has 39 heavy (non-hydrogen) atoms. The summed E-state index contributed by atoms with van der Waals surface area (Å²) in [6, 6.07) is 11.6. The molecule has 1 saturated carbocycles. The van der Waals surface area contributed by atoms with Crippen LogP contribution in [0.25, 0.3) is 21.3 Å². The molecule has 1 aliphatic rings. The zero-order chi connectivity index (χ0) is 26.7. The maximum Gasteiger partial charge on any atom is 0.393 e. The molecule has 208 valence electrons. The van der Waals surface area contributed by atoms with E-state index in [4.69, 9.17) is 4.74 Å². The Kier molecular flexibility index (Phi) is 9.27. The third-order valence-corrected chi connectivity index (χ3v) is 7.65. The van der Waals surface area contributed by atoms with Gasteiger partial charge in [-0.15, -0.1) is 23.7 Å². The van der Waals surface area contributed by atoms with Crippen LogP contribution >= 0.6 is 23.7 Å². The van der Waals surface area contributed by atoms with Crippen LogP contribution in [0, 0.1) is 0 Å². The molecule has 0 aliphatic heterocycles. The fourth-order valence-corrected chi connectivity index (χ4v) is 5.86. The molecule has 3 N–H and O–H groups in total. The van der Waals surface area contributed by atoms with Gasteiger partial charge >= 0.3 is 6.18 Å². The highest BCUT2D eigenvalue weighted by atomic mass is 35.5. The first-order valence-electron chi connectivity index (χ1n) is 12.3. The minimum absolute atomic E-state index is 0. The number of hydrogen-bond acceptors (Lipinski definition) is 8. The van der Waals surface area contributed by atoms with Crippen molar-refractivity contribution >= 4 is 39.8 Å². The van der Waals surface area contributed by atoms with Crippen molar-refractivity contribution < 1.29 is 23.0 Å². The third kappa shape index (κ3) is 7.57. The third-order valence-electron chi connectivity index (χ3n) is 6.61. The van der Waals surface area contributed by atoms with Crippen LogP contribution in [0.4, 0.5) is 19.0 Å². The Morgan fingerprint density at radius 1 is 1.03 bits per heavy atom. The summed E-state index contributed by atoms with van der Waals surface area (Å²) in [5, 5.41) is 18.0. The van der Waals surface area contributed by atoms with Gasteiger partial charge in [0.05, 0.1) is 31.2 Å². The van der Waals surface area contributed by atoms with Gasteiger partial charge in [-0.2, -0.15) is 13.2 Å². The van der Waals surface area contributed by atoms with Crippen molar-refractivity contribution in [3.8, 4) is 16.9 Å². The van der Waals surface area contributed by atoms with Gasteiger partial charge in [0, 0.05) is 35.3 Å². The van der Waals surface area contributed by atoms with Gasteiger partial charge < -0.3 is 20.5 Å². The molecule has 4 aromatic rings. The van der Waals surface area contributed by atoms with Crippen LogP contribution in [-0.4, -0.2) is 51.5 Å². The van der Waals surface area contributed by atoms with E-state index in [9.17, 15) is 18.3 Å². The Balaban J connectivity index is 0.00000353. The van der Waals surface area contributed by atoms with Crippen molar-refractivity contribution in [3.63, 3.8) is 0 Å². The number of benzene rings is 1. The van der Waals surface area contributed by atoms with E-state index in [1.807, 2.05) is 18.2 Å². The Hall–Kier alpha value is -2.99. The highest BCUT2D eigenvalue weighted by Gasteiger charge is 2.30.